The Morgan fingerprint density at radius 1 is 1.27 bits per heavy atom. The quantitative estimate of drug-likeness (QED) is 0.400. The van der Waals surface area contributed by atoms with Gasteiger partial charge in [0.25, 0.3) is 17.2 Å². The number of nitrogen functional groups attached to an aromatic ring is 1. The van der Waals surface area contributed by atoms with E-state index in [0.717, 1.165) is 33.9 Å². The molecule has 0 radical (unpaired) electrons. The van der Waals surface area contributed by atoms with Gasteiger partial charge in [-0.05, 0) is 18.4 Å². The number of nitro groups is 1. The summed E-state index contributed by atoms with van der Waals surface area (Å²) < 4.78 is 25.2. The molecule has 0 saturated heterocycles. The number of nitro benzene ring substituents is 1. The third-order valence-corrected chi connectivity index (χ3v) is 5.88. The molecular weight excluding hydrogens is 454 g/mol. The maximum Gasteiger partial charge on any atom is 0.330 e. The molecule has 0 aliphatic carbocycles. The minimum Gasteiger partial charge on any atom is -0.383 e. The number of nitrogens with two attached hydrogens (primary N) is 1. The lowest BCUT2D eigenvalue weighted by Gasteiger charge is -2.25. The Balaban J connectivity index is 2.77. The number of nitrogens with zero attached hydrogens (tertiary/aromatic N) is 3. The Labute approximate surface area is 190 Å². The molecule has 0 atom stereocenters. The Kier molecular flexibility index (Phi) is 7.80. The predicted octanol–water partition coefficient (Wildman–Crippen LogP) is 1.53. The first-order chi connectivity index (χ1) is 15.3. The second kappa shape index (κ2) is 9.98. The van der Waals surface area contributed by atoms with Crippen LogP contribution in [0.3, 0.4) is 0 Å². The van der Waals surface area contributed by atoms with Gasteiger partial charge >= 0.3 is 5.69 Å². The maximum atomic E-state index is 13.4. The standard InChI is InChI=1S/C20H27N5O7S/c1-5-6-7-23(16-17(21)24(11-12(2)3)20(28)22-18(16)26)19(27)13-8-14(25(29)30)10-15(9-13)33(4,31)32/h8-10,12H,5-7,11,21H2,1-4H3,(H,22,26,28). The average molecular weight is 482 g/mol. The summed E-state index contributed by atoms with van der Waals surface area (Å²) in [7, 11) is -3.88. The molecule has 0 unspecified atom stereocenters. The molecule has 3 N–H and O–H groups in total. The van der Waals surface area contributed by atoms with Gasteiger partial charge in [0.05, 0.1) is 9.82 Å². The molecule has 33 heavy (non-hydrogen) atoms. The Hall–Kier alpha value is -3.48. The second-order valence-electron chi connectivity index (χ2n) is 8.05. The van der Waals surface area contributed by atoms with E-state index in [1.807, 2.05) is 20.8 Å². The normalized spacial score (nSPS) is 11.5. The van der Waals surface area contributed by atoms with Gasteiger partial charge in [-0.25, -0.2) is 13.2 Å². The molecule has 1 aromatic heterocycles. The molecule has 0 aliphatic heterocycles. The van der Waals surface area contributed by atoms with Crippen molar-refractivity contribution in [2.24, 2.45) is 5.92 Å². The van der Waals surface area contributed by atoms with Gasteiger partial charge in [-0.3, -0.25) is 29.3 Å². The van der Waals surface area contributed by atoms with Gasteiger partial charge in [-0.15, -0.1) is 0 Å². The van der Waals surface area contributed by atoms with Gasteiger partial charge in [-0.1, -0.05) is 27.2 Å². The first-order valence-corrected chi connectivity index (χ1v) is 12.1. The van der Waals surface area contributed by atoms with Crippen LogP contribution in [0.4, 0.5) is 17.2 Å². The van der Waals surface area contributed by atoms with Crippen LogP contribution in [-0.2, 0) is 16.4 Å². The number of anilines is 2. The molecule has 2 rings (SSSR count). The zero-order chi connectivity index (χ0) is 25.1. The van der Waals surface area contributed by atoms with Gasteiger partial charge in [0.1, 0.15) is 5.82 Å². The lowest BCUT2D eigenvalue weighted by Crippen LogP contribution is -2.42. The third kappa shape index (κ3) is 5.86. The van der Waals surface area contributed by atoms with Crippen LogP contribution < -0.4 is 21.9 Å². The summed E-state index contributed by atoms with van der Waals surface area (Å²) >= 11 is 0. The minimum atomic E-state index is -3.88. The Bertz CT molecular complexity index is 1290. The number of nitrogens with one attached hydrogen (secondary N) is 1. The van der Waals surface area contributed by atoms with Crippen molar-refractivity contribution in [1.82, 2.24) is 9.55 Å². The summed E-state index contributed by atoms with van der Waals surface area (Å²) in [5, 5.41) is 11.3. The number of amides is 1. The first-order valence-electron chi connectivity index (χ1n) is 10.2. The molecule has 1 amide bonds. The molecule has 2 aromatic rings. The summed E-state index contributed by atoms with van der Waals surface area (Å²) in [6, 6.07) is 2.80. The van der Waals surface area contributed by atoms with Crippen LogP contribution in [0.25, 0.3) is 0 Å². The van der Waals surface area contributed by atoms with Crippen LogP contribution in [0.1, 0.15) is 44.0 Å². The fraction of sp³-hybridized carbons (Fsp3) is 0.450. The van der Waals surface area contributed by atoms with E-state index in [0.29, 0.717) is 12.8 Å². The molecule has 1 heterocycles. The molecule has 0 fully saturated rings. The molecule has 1 aromatic carbocycles. The fourth-order valence-corrected chi connectivity index (χ4v) is 3.87. The molecule has 12 nitrogen and oxygen atoms in total. The first kappa shape index (κ1) is 25.8. The van der Waals surface area contributed by atoms with Crippen molar-refractivity contribution in [3.05, 3.63) is 54.7 Å². The Morgan fingerprint density at radius 2 is 1.91 bits per heavy atom. The number of benzene rings is 1. The number of carbonyl (C=O) groups excluding carboxylic acids is 1. The zero-order valence-corrected chi connectivity index (χ0v) is 19.6. The number of carbonyl (C=O) groups is 1. The van der Waals surface area contributed by atoms with E-state index < -0.39 is 42.5 Å². The number of aromatic amines is 1. The number of non-ortho nitro benzene ring substituents is 1. The fourth-order valence-electron chi connectivity index (χ4n) is 3.20. The topological polar surface area (TPSA) is 178 Å². The summed E-state index contributed by atoms with van der Waals surface area (Å²) in [6.45, 7) is 5.72. The monoisotopic (exact) mass is 481 g/mol. The molecule has 0 saturated carbocycles. The van der Waals surface area contributed by atoms with Crippen LogP contribution >= 0.6 is 0 Å². The van der Waals surface area contributed by atoms with Crippen LogP contribution in [0, 0.1) is 16.0 Å². The van der Waals surface area contributed by atoms with Crippen molar-refractivity contribution in [3.8, 4) is 0 Å². The van der Waals surface area contributed by atoms with Crippen molar-refractivity contribution in [1.29, 1.82) is 0 Å². The van der Waals surface area contributed by atoms with Crippen LogP contribution in [0.2, 0.25) is 0 Å². The molecule has 0 aliphatic rings. The van der Waals surface area contributed by atoms with Gasteiger partial charge in [-0.2, -0.15) is 0 Å². The van der Waals surface area contributed by atoms with Crippen molar-refractivity contribution in [2.75, 3.05) is 23.4 Å². The second-order valence-corrected chi connectivity index (χ2v) is 10.1. The lowest BCUT2D eigenvalue weighted by molar-refractivity contribution is -0.385. The van der Waals surface area contributed by atoms with Gasteiger partial charge in [0.15, 0.2) is 15.5 Å². The highest BCUT2D eigenvalue weighted by atomic mass is 32.2. The molecule has 0 bridgehead atoms. The number of aromatic nitrogens is 2. The van der Waals surface area contributed by atoms with Crippen LogP contribution in [-0.4, -0.2) is 41.6 Å². The van der Waals surface area contributed by atoms with E-state index in [-0.39, 0.29) is 36.1 Å². The SMILES string of the molecule is CCCCN(C(=O)c1cc([N+](=O)[O-])cc(S(C)(=O)=O)c1)c1c(N)n(CC(C)C)c(=O)[nH]c1=O. The van der Waals surface area contributed by atoms with Gasteiger partial charge < -0.3 is 10.6 Å². The summed E-state index contributed by atoms with van der Waals surface area (Å²) in [6.07, 6.45) is 1.94. The van der Waals surface area contributed by atoms with E-state index in [4.69, 9.17) is 5.73 Å². The molecular formula is C20H27N5O7S. The largest absolute Gasteiger partial charge is 0.383 e. The summed E-state index contributed by atoms with van der Waals surface area (Å²) in [4.78, 5) is 51.7. The predicted molar refractivity (Wildman–Crippen MR) is 123 cm³/mol. The smallest absolute Gasteiger partial charge is 0.330 e. The number of hydrogen-bond donors (Lipinski definition) is 2. The van der Waals surface area contributed by atoms with Crippen molar-refractivity contribution in [3.63, 3.8) is 0 Å². The van der Waals surface area contributed by atoms with E-state index >= 15 is 0 Å². The van der Waals surface area contributed by atoms with E-state index in [1.54, 1.807) is 0 Å². The highest BCUT2D eigenvalue weighted by molar-refractivity contribution is 7.90. The zero-order valence-electron chi connectivity index (χ0n) is 18.8. The van der Waals surface area contributed by atoms with Crippen LogP contribution in [0.5, 0.6) is 0 Å². The van der Waals surface area contributed by atoms with Crippen molar-refractivity contribution in [2.45, 2.75) is 45.1 Å². The number of unbranched alkanes of at least 4 members (excludes halogenated alkanes) is 1. The molecule has 0 spiro atoms. The number of H-pyrrole nitrogens is 1. The van der Waals surface area contributed by atoms with Crippen LogP contribution in [0.15, 0.2) is 32.7 Å². The van der Waals surface area contributed by atoms with E-state index in [1.165, 1.54) is 0 Å². The van der Waals surface area contributed by atoms with Crippen molar-refractivity contribution < 1.29 is 18.1 Å². The van der Waals surface area contributed by atoms with E-state index in [9.17, 15) is 32.9 Å². The number of sulfone groups is 1. The maximum absolute atomic E-state index is 13.4. The highest BCUT2D eigenvalue weighted by Gasteiger charge is 2.27. The van der Waals surface area contributed by atoms with E-state index in [2.05, 4.69) is 4.98 Å². The third-order valence-electron chi connectivity index (χ3n) is 4.79. The minimum absolute atomic E-state index is 0.00219. The number of hydrogen-bond acceptors (Lipinski definition) is 8. The number of rotatable bonds is 9. The molecule has 13 heteroatoms. The summed E-state index contributed by atoms with van der Waals surface area (Å²) in [5.41, 5.74) is 3.35. The average Bonchev–Trinajstić information content (AvgIpc) is 2.71. The lowest BCUT2D eigenvalue weighted by atomic mass is 10.1. The molecule has 180 valence electrons. The van der Waals surface area contributed by atoms with Crippen molar-refractivity contribution >= 4 is 32.9 Å². The van der Waals surface area contributed by atoms with Gasteiger partial charge in [0.2, 0.25) is 0 Å². The van der Waals surface area contributed by atoms with Gasteiger partial charge in [0, 0.05) is 37.0 Å². The highest BCUT2D eigenvalue weighted by Crippen LogP contribution is 2.25. The summed E-state index contributed by atoms with van der Waals surface area (Å²) in [5.74, 6) is -1.09. The Morgan fingerprint density at radius 3 is 2.42 bits per heavy atom.